The van der Waals surface area contributed by atoms with Crippen molar-refractivity contribution in [1.29, 1.82) is 0 Å². The Kier molecular flexibility index (Phi) is 4.11. The van der Waals surface area contributed by atoms with Crippen molar-refractivity contribution < 1.29 is 4.39 Å². The second-order valence-electron chi connectivity index (χ2n) is 5.36. The van der Waals surface area contributed by atoms with E-state index in [0.717, 1.165) is 5.56 Å². The van der Waals surface area contributed by atoms with Crippen LogP contribution < -0.4 is 5.73 Å². The monoisotopic (exact) mass is 309 g/mol. The van der Waals surface area contributed by atoms with Crippen molar-refractivity contribution in [2.75, 3.05) is 0 Å². The highest BCUT2D eigenvalue weighted by molar-refractivity contribution is 7.12. The third kappa shape index (κ3) is 2.90. The van der Waals surface area contributed by atoms with Crippen LogP contribution in [0.2, 0.25) is 5.02 Å². The number of rotatable bonds is 3. The van der Waals surface area contributed by atoms with Gasteiger partial charge in [0.1, 0.15) is 5.82 Å². The number of thiophene rings is 1. The zero-order chi connectivity index (χ0) is 14.1. The van der Waals surface area contributed by atoms with Gasteiger partial charge in [0.05, 0.1) is 5.02 Å². The predicted molar refractivity (Wildman–Crippen MR) is 83.0 cm³/mol. The van der Waals surface area contributed by atoms with Crippen LogP contribution in [0.3, 0.4) is 0 Å². The summed E-state index contributed by atoms with van der Waals surface area (Å²) in [5.74, 6) is -0.373. The molecule has 1 aliphatic carbocycles. The second kappa shape index (κ2) is 5.84. The first kappa shape index (κ1) is 14.1. The molecule has 0 saturated heterocycles. The van der Waals surface area contributed by atoms with Crippen molar-refractivity contribution in [3.05, 3.63) is 56.0 Å². The fraction of sp³-hybridized carbons (Fsp3) is 0.375. The highest BCUT2D eigenvalue weighted by atomic mass is 35.5. The van der Waals surface area contributed by atoms with Gasteiger partial charge < -0.3 is 5.73 Å². The minimum Gasteiger partial charge on any atom is -0.323 e. The molecule has 0 radical (unpaired) electrons. The van der Waals surface area contributed by atoms with Gasteiger partial charge in [-0.2, -0.15) is 0 Å². The first-order valence-electron chi connectivity index (χ1n) is 6.94. The van der Waals surface area contributed by atoms with Crippen LogP contribution in [0.15, 0.2) is 24.3 Å². The molecule has 1 unspecified atom stereocenters. The molecular formula is C16H17ClFNS. The van der Waals surface area contributed by atoms with Crippen LogP contribution in [0.25, 0.3) is 0 Å². The molecule has 0 bridgehead atoms. The minimum absolute atomic E-state index is 0.0637. The maximum atomic E-state index is 13.4. The largest absolute Gasteiger partial charge is 0.323 e. The van der Waals surface area contributed by atoms with Gasteiger partial charge in [0.15, 0.2) is 0 Å². The average Bonchev–Trinajstić information content (AvgIpc) is 2.87. The summed E-state index contributed by atoms with van der Waals surface area (Å²) in [7, 11) is 0. The van der Waals surface area contributed by atoms with Gasteiger partial charge in [0, 0.05) is 15.8 Å². The lowest BCUT2D eigenvalue weighted by molar-refractivity contribution is 0.623. The summed E-state index contributed by atoms with van der Waals surface area (Å²) in [5.41, 5.74) is 8.64. The number of halogens is 2. The molecule has 1 heterocycles. The molecule has 106 valence electrons. The summed E-state index contributed by atoms with van der Waals surface area (Å²) in [4.78, 5) is 2.70. The molecule has 1 aliphatic rings. The first-order chi connectivity index (χ1) is 9.63. The standard InChI is InChI=1S/C16H17ClFNS/c17-12-6-5-10(7-13(12)18)8-14(19)16-9-11-3-1-2-4-15(11)20-16/h5-7,9,14H,1-4,8,19H2. The summed E-state index contributed by atoms with van der Waals surface area (Å²) in [6, 6.07) is 7.11. The fourth-order valence-corrected chi connectivity index (χ4v) is 4.09. The van der Waals surface area contributed by atoms with Gasteiger partial charge >= 0.3 is 0 Å². The van der Waals surface area contributed by atoms with E-state index in [9.17, 15) is 4.39 Å². The van der Waals surface area contributed by atoms with Gasteiger partial charge in [0.25, 0.3) is 0 Å². The topological polar surface area (TPSA) is 26.0 Å². The van der Waals surface area contributed by atoms with Crippen molar-refractivity contribution in [2.45, 2.75) is 38.1 Å². The average molecular weight is 310 g/mol. The molecule has 1 aromatic heterocycles. The summed E-state index contributed by atoms with van der Waals surface area (Å²) in [6.07, 6.45) is 5.56. The van der Waals surface area contributed by atoms with Crippen LogP contribution in [0.1, 0.15) is 39.8 Å². The van der Waals surface area contributed by atoms with Gasteiger partial charge in [-0.15, -0.1) is 11.3 Å². The molecule has 2 aromatic rings. The van der Waals surface area contributed by atoms with Gasteiger partial charge in [-0.25, -0.2) is 4.39 Å². The summed E-state index contributed by atoms with van der Waals surface area (Å²) in [6.45, 7) is 0. The van der Waals surface area contributed by atoms with Gasteiger partial charge in [-0.3, -0.25) is 0 Å². The Balaban J connectivity index is 1.76. The van der Waals surface area contributed by atoms with Crippen LogP contribution in [0, 0.1) is 5.82 Å². The van der Waals surface area contributed by atoms with Gasteiger partial charge in [-0.1, -0.05) is 17.7 Å². The Labute approximate surface area is 127 Å². The van der Waals surface area contributed by atoms with Crippen LogP contribution in [0.4, 0.5) is 4.39 Å². The minimum atomic E-state index is -0.373. The predicted octanol–water partition coefficient (Wildman–Crippen LogP) is 4.66. The van der Waals surface area contributed by atoms with E-state index in [2.05, 4.69) is 6.07 Å². The molecular weight excluding hydrogens is 293 g/mol. The van der Waals surface area contributed by atoms with E-state index in [1.54, 1.807) is 6.07 Å². The van der Waals surface area contributed by atoms with E-state index in [4.69, 9.17) is 17.3 Å². The van der Waals surface area contributed by atoms with E-state index in [0.29, 0.717) is 6.42 Å². The number of nitrogens with two attached hydrogens (primary N) is 1. The third-order valence-corrected chi connectivity index (χ3v) is 5.50. The smallest absolute Gasteiger partial charge is 0.142 e. The second-order valence-corrected chi connectivity index (χ2v) is 6.94. The molecule has 20 heavy (non-hydrogen) atoms. The zero-order valence-electron chi connectivity index (χ0n) is 11.2. The molecule has 0 fully saturated rings. The van der Waals surface area contributed by atoms with E-state index in [-0.39, 0.29) is 16.9 Å². The lowest BCUT2D eigenvalue weighted by Gasteiger charge is -2.10. The quantitative estimate of drug-likeness (QED) is 0.876. The number of fused-ring (bicyclic) bond motifs is 1. The van der Waals surface area contributed by atoms with E-state index in [1.165, 1.54) is 47.1 Å². The normalized spacial score (nSPS) is 15.9. The Bertz CT molecular complexity index is 599. The molecule has 1 atom stereocenters. The Morgan fingerprint density at radius 3 is 2.80 bits per heavy atom. The third-order valence-electron chi connectivity index (χ3n) is 3.82. The van der Waals surface area contributed by atoms with Crippen molar-refractivity contribution in [2.24, 2.45) is 5.73 Å². The molecule has 3 rings (SSSR count). The Morgan fingerprint density at radius 1 is 1.25 bits per heavy atom. The number of aryl methyl sites for hydroxylation is 2. The summed E-state index contributed by atoms with van der Waals surface area (Å²) in [5, 5.41) is 0.161. The molecule has 0 spiro atoms. The van der Waals surface area contributed by atoms with E-state index < -0.39 is 0 Å². The lowest BCUT2D eigenvalue weighted by Crippen LogP contribution is -2.12. The van der Waals surface area contributed by atoms with Crippen molar-refractivity contribution in [3.63, 3.8) is 0 Å². The zero-order valence-corrected chi connectivity index (χ0v) is 12.7. The van der Waals surface area contributed by atoms with Gasteiger partial charge in [0.2, 0.25) is 0 Å². The fourth-order valence-electron chi connectivity index (χ4n) is 2.72. The van der Waals surface area contributed by atoms with E-state index >= 15 is 0 Å². The molecule has 1 nitrogen and oxygen atoms in total. The molecule has 0 saturated carbocycles. The molecule has 1 aromatic carbocycles. The Morgan fingerprint density at radius 2 is 2.05 bits per heavy atom. The van der Waals surface area contributed by atoms with Crippen LogP contribution >= 0.6 is 22.9 Å². The molecule has 0 amide bonds. The highest BCUT2D eigenvalue weighted by Gasteiger charge is 2.17. The van der Waals surface area contributed by atoms with Gasteiger partial charge in [-0.05, 0) is 61.4 Å². The van der Waals surface area contributed by atoms with Crippen molar-refractivity contribution in [1.82, 2.24) is 0 Å². The highest BCUT2D eigenvalue weighted by Crippen LogP contribution is 2.33. The van der Waals surface area contributed by atoms with Crippen molar-refractivity contribution in [3.8, 4) is 0 Å². The number of hydrogen-bond acceptors (Lipinski definition) is 2. The molecule has 0 aliphatic heterocycles. The molecule has 2 N–H and O–H groups in total. The number of benzene rings is 1. The first-order valence-corrected chi connectivity index (χ1v) is 8.14. The maximum Gasteiger partial charge on any atom is 0.142 e. The maximum absolute atomic E-state index is 13.4. The van der Waals surface area contributed by atoms with Crippen LogP contribution in [-0.2, 0) is 19.3 Å². The Hall–Kier alpha value is -0.900. The summed E-state index contributed by atoms with van der Waals surface area (Å²) >= 11 is 7.52. The van der Waals surface area contributed by atoms with Crippen LogP contribution in [0.5, 0.6) is 0 Å². The SMILES string of the molecule is NC(Cc1ccc(Cl)c(F)c1)c1cc2c(s1)CCCC2. The number of hydrogen-bond donors (Lipinski definition) is 1. The summed E-state index contributed by atoms with van der Waals surface area (Å²) < 4.78 is 13.4. The van der Waals surface area contributed by atoms with Crippen LogP contribution in [-0.4, -0.2) is 0 Å². The van der Waals surface area contributed by atoms with Crippen molar-refractivity contribution >= 4 is 22.9 Å². The molecule has 4 heteroatoms. The lowest BCUT2D eigenvalue weighted by atomic mass is 9.98. The van der Waals surface area contributed by atoms with E-state index in [1.807, 2.05) is 17.4 Å².